The molecule has 5 nitrogen and oxygen atoms in total. The van der Waals surface area contributed by atoms with Crippen molar-refractivity contribution in [2.45, 2.75) is 26.1 Å². The van der Waals surface area contributed by atoms with Crippen LogP contribution in [-0.2, 0) is 9.53 Å². The summed E-state index contributed by atoms with van der Waals surface area (Å²) in [7, 11) is 0. The van der Waals surface area contributed by atoms with Crippen LogP contribution in [0, 0.1) is 0 Å². The normalized spacial score (nSPS) is 19.9. The summed E-state index contributed by atoms with van der Waals surface area (Å²) in [6.45, 7) is 3.95. The van der Waals surface area contributed by atoms with Gasteiger partial charge in [0.15, 0.2) is 0 Å². The van der Waals surface area contributed by atoms with Gasteiger partial charge in [0.1, 0.15) is 11.9 Å². The third-order valence-corrected chi connectivity index (χ3v) is 4.98. The van der Waals surface area contributed by atoms with E-state index in [2.05, 4.69) is 26.6 Å². The Balaban J connectivity index is 1.94. The van der Waals surface area contributed by atoms with E-state index in [4.69, 9.17) is 4.74 Å². The molecular formula is C22H23BrN2O3. The summed E-state index contributed by atoms with van der Waals surface area (Å²) in [6, 6.07) is 16.8. The van der Waals surface area contributed by atoms with E-state index in [1.54, 1.807) is 13.0 Å². The highest BCUT2D eigenvalue weighted by atomic mass is 79.9. The highest BCUT2D eigenvalue weighted by molar-refractivity contribution is 9.10. The second-order valence-electron chi connectivity index (χ2n) is 6.45. The van der Waals surface area contributed by atoms with Crippen LogP contribution in [-0.4, -0.2) is 23.8 Å². The molecule has 2 unspecified atom stereocenters. The van der Waals surface area contributed by atoms with Crippen LogP contribution in [0.2, 0.25) is 0 Å². The minimum atomic E-state index is -0.359. The van der Waals surface area contributed by atoms with Crippen molar-refractivity contribution in [2.24, 2.45) is 0 Å². The maximum atomic E-state index is 12.5. The van der Waals surface area contributed by atoms with Crippen LogP contribution in [0.5, 0.6) is 0 Å². The van der Waals surface area contributed by atoms with Gasteiger partial charge in [-0.05, 0) is 37.6 Å². The van der Waals surface area contributed by atoms with Gasteiger partial charge in [-0.1, -0.05) is 58.4 Å². The van der Waals surface area contributed by atoms with E-state index in [-0.39, 0.29) is 23.9 Å². The summed E-state index contributed by atoms with van der Waals surface area (Å²) < 4.78 is 6.14. The van der Waals surface area contributed by atoms with E-state index >= 15 is 0 Å². The zero-order valence-electron chi connectivity index (χ0n) is 15.8. The van der Waals surface area contributed by atoms with Gasteiger partial charge in [0.25, 0.3) is 0 Å². The van der Waals surface area contributed by atoms with E-state index in [0.717, 1.165) is 10.0 Å². The molecule has 0 aliphatic carbocycles. The molecule has 3 N–H and O–H groups in total. The number of carbonyl (C=O) groups is 1. The second-order valence-corrected chi connectivity index (χ2v) is 7.37. The minimum Gasteiger partial charge on any atom is -0.508 e. The number of nitrogens with one attached hydrogen (secondary N) is 2. The summed E-state index contributed by atoms with van der Waals surface area (Å²) >= 11 is 3.42. The van der Waals surface area contributed by atoms with Crippen LogP contribution in [0.1, 0.15) is 31.0 Å². The zero-order valence-corrected chi connectivity index (χ0v) is 17.4. The molecule has 3 rings (SSSR count). The molecule has 1 heterocycles. The predicted molar refractivity (Wildman–Crippen MR) is 113 cm³/mol. The molecular weight excluding hydrogens is 420 g/mol. The van der Waals surface area contributed by atoms with Crippen molar-refractivity contribution in [3.63, 3.8) is 0 Å². The average Bonchev–Trinajstić information content (AvgIpc) is 2.68. The molecule has 2 aromatic rings. The number of aliphatic hydroxyl groups is 1. The van der Waals surface area contributed by atoms with E-state index in [1.807, 2.05) is 61.5 Å². The standard InChI is InChI=1S/C22H23BrN2O3/c1-3-28-22(27)20-14(2)24-19(25-21(20)15-8-5-4-6-9-15)13-18(26)16-10-7-11-17(23)12-16/h4-13,19,21,24-26H,3H2,1-2H3/b18-13-. The quantitative estimate of drug-likeness (QED) is 0.471. The third kappa shape index (κ3) is 4.64. The summed E-state index contributed by atoms with van der Waals surface area (Å²) in [6.07, 6.45) is 1.34. The zero-order chi connectivity index (χ0) is 20.1. The molecule has 2 aromatic carbocycles. The Morgan fingerprint density at radius 2 is 1.96 bits per heavy atom. The molecule has 0 fully saturated rings. The lowest BCUT2D eigenvalue weighted by atomic mass is 9.94. The number of esters is 1. The van der Waals surface area contributed by atoms with Crippen molar-refractivity contribution < 1.29 is 14.6 Å². The lowest BCUT2D eigenvalue weighted by molar-refractivity contribution is -0.139. The van der Waals surface area contributed by atoms with Crippen molar-refractivity contribution >= 4 is 27.7 Å². The molecule has 1 aliphatic heterocycles. The van der Waals surface area contributed by atoms with Gasteiger partial charge in [0, 0.05) is 15.7 Å². The summed E-state index contributed by atoms with van der Waals surface area (Å²) in [5, 5.41) is 17.2. The van der Waals surface area contributed by atoms with Crippen LogP contribution in [0.4, 0.5) is 0 Å². The van der Waals surface area contributed by atoms with Gasteiger partial charge in [-0.15, -0.1) is 0 Å². The number of allylic oxidation sites excluding steroid dienone is 1. The Morgan fingerprint density at radius 1 is 1.21 bits per heavy atom. The van der Waals surface area contributed by atoms with Crippen molar-refractivity contribution in [3.8, 4) is 0 Å². The third-order valence-electron chi connectivity index (χ3n) is 4.48. The summed E-state index contributed by atoms with van der Waals surface area (Å²) in [5.41, 5.74) is 2.91. The molecule has 1 aliphatic rings. The number of ether oxygens (including phenoxy) is 1. The molecule has 0 radical (unpaired) electrons. The molecule has 0 bridgehead atoms. The van der Waals surface area contributed by atoms with Crippen molar-refractivity contribution in [1.82, 2.24) is 10.6 Å². The summed E-state index contributed by atoms with van der Waals surface area (Å²) in [4.78, 5) is 12.5. The van der Waals surface area contributed by atoms with E-state index in [9.17, 15) is 9.90 Å². The van der Waals surface area contributed by atoms with Crippen LogP contribution < -0.4 is 10.6 Å². The first-order valence-corrected chi connectivity index (χ1v) is 9.91. The minimum absolute atomic E-state index is 0.144. The van der Waals surface area contributed by atoms with Gasteiger partial charge in [-0.25, -0.2) is 4.79 Å². The largest absolute Gasteiger partial charge is 0.508 e. The van der Waals surface area contributed by atoms with Crippen LogP contribution in [0.15, 0.2) is 76.4 Å². The fraction of sp³-hybridized carbons (Fsp3) is 0.227. The van der Waals surface area contributed by atoms with Crippen LogP contribution in [0.3, 0.4) is 0 Å². The number of hydrogen-bond acceptors (Lipinski definition) is 5. The molecule has 0 aromatic heterocycles. The number of benzene rings is 2. The average molecular weight is 443 g/mol. The Kier molecular flexibility index (Phi) is 6.54. The fourth-order valence-electron chi connectivity index (χ4n) is 3.21. The molecule has 2 atom stereocenters. The van der Waals surface area contributed by atoms with Crippen molar-refractivity contribution in [1.29, 1.82) is 0 Å². The monoisotopic (exact) mass is 442 g/mol. The van der Waals surface area contributed by atoms with Crippen molar-refractivity contribution in [2.75, 3.05) is 6.61 Å². The lowest BCUT2D eigenvalue weighted by Crippen LogP contribution is -2.49. The Hall–Kier alpha value is -2.57. The van der Waals surface area contributed by atoms with Gasteiger partial charge in [0.2, 0.25) is 0 Å². The first kappa shape index (κ1) is 20.2. The van der Waals surface area contributed by atoms with Crippen LogP contribution >= 0.6 is 15.9 Å². The van der Waals surface area contributed by atoms with E-state index in [1.165, 1.54) is 0 Å². The maximum absolute atomic E-state index is 12.5. The highest BCUT2D eigenvalue weighted by Crippen LogP contribution is 2.29. The summed E-state index contributed by atoms with van der Waals surface area (Å²) in [5.74, 6) is -0.210. The van der Waals surface area contributed by atoms with Gasteiger partial charge in [0.05, 0.1) is 18.2 Å². The molecule has 0 saturated carbocycles. The van der Waals surface area contributed by atoms with Gasteiger partial charge in [-0.3, -0.25) is 5.32 Å². The first-order valence-electron chi connectivity index (χ1n) is 9.11. The second kappa shape index (κ2) is 9.08. The molecule has 0 spiro atoms. The van der Waals surface area contributed by atoms with Gasteiger partial charge in [-0.2, -0.15) is 0 Å². The number of rotatable bonds is 5. The molecule has 146 valence electrons. The van der Waals surface area contributed by atoms with Crippen LogP contribution in [0.25, 0.3) is 5.76 Å². The smallest absolute Gasteiger partial charge is 0.337 e. The van der Waals surface area contributed by atoms with Crippen molar-refractivity contribution in [3.05, 3.63) is 87.5 Å². The molecule has 28 heavy (non-hydrogen) atoms. The number of hydrogen-bond donors (Lipinski definition) is 3. The number of carbonyl (C=O) groups excluding carboxylic acids is 1. The lowest BCUT2D eigenvalue weighted by Gasteiger charge is -2.34. The van der Waals surface area contributed by atoms with Gasteiger partial charge >= 0.3 is 5.97 Å². The van der Waals surface area contributed by atoms with E-state index < -0.39 is 0 Å². The Morgan fingerprint density at radius 3 is 2.64 bits per heavy atom. The number of aliphatic hydroxyl groups excluding tert-OH is 1. The SMILES string of the molecule is CCOC(=O)C1=C(C)NC(/C=C(\O)c2cccc(Br)c2)NC1c1ccccc1. The predicted octanol–water partition coefficient (Wildman–Crippen LogP) is 4.45. The molecule has 6 heteroatoms. The molecule has 0 amide bonds. The van der Waals surface area contributed by atoms with E-state index in [0.29, 0.717) is 23.4 Å². The fourth-order valence-corrected chi connectivity index (χ4v) is 3.61. The Labute approximate surface area is 173 Å². The highest BCUT2D eigenvalue weighted by Gasteiger charge is 2.32. The number of halogens is 1. The van der Waals surface area contributed by atoms with Gasteiger partial charge < -0.3 is 15.2 Å². The molecule has 0 saturated heterocycles. The topological polar surface area (TPSA) is 70.6 Å². The maximum Gasteiger partial charge on any atom is 0.337 e. The first-order chi connectivity index (χ1) is 13.5. The Bertz CT molecular complexity index is 909.